The van der Waals surface area contributed by atoms with Gasteiger partial charge in [-0.1, -0.05) is 30.3 Å². The standard InChI is InChI=1S/C17H14O4/c1-10-8-12(20-2)9-13-14(17(18)19)16(21-15(10)13)11-6-4-3-5-7-11/h3-9H,1-2H3,(H,18,19). The SMILES string of the molecule is COc1cc(C)c2oc(-c3ccccc3)c(C(=O)O)c2c1. The Hall–Kier alpha value is -2.75. The molecule has 1 heterocycles. The average molecular weight is 282 g/mol. The van der Waals surface area contributed by atoms with Gasteiger partial charge in [0.15, 0.2) is 0 Å². The minimum Gasteiger partial charge on any atom is -0.497 e. The monoisotopic (exact) mass is 282 g/mol. The maximum absolute atomic E-state index is 11.7. The Balaban J connectivity index is 2.38. The number of methoxy groups -OCH3 is 1. The lowest BCUT2D eigenvalue weighted by atomic mass is 10.0. The fourth-order valence-corrected chi connectivity index (χ4v) is 2.46. The Morgan fingerprint density at radius 2 is 1.90 bits per heavy atom. The third-order valence-corrected chi connectivity index (χ3v) is 3.43. The molecule has 0 saturated heterocycles. The smallest absolute Gasteiger partial charge is 0.340 e. The second-order valence-electron chi connectivity index (χ2n) is 4.80. The van der Waals surface area contributed by atoms with E-state index in [-0.39, 0.29) is 5.56 Å². The third-order valence-electron chi connectivity index (χ3n) is 3.43. The topological polar surface area (TPSA) is 59.7 Å². The highest BCUT2D eigenvalue weighted by atomic mass is 16.5. The Morgan fingerprint density at radius 3 is 2.52 bits per heavy atom. The zero-order valence-corrected chi connectivity index (χ0v) is 11.7. The van der Waals surface area contributed by atoms with Crippen molar-refractivity contribution in [3.05, 3.63) is 53.6 Å². The summed E-state index contributed by atoms with van der Waals surface area (Å²) in [5, 5.41) is 10.1. The van der Waals surface area contributed by atoms with Crippen molar-refractivity contribution in [3.8, 4) is 17.1 Å². The molecule has 4 nitrogen and oxygen atoms in total. The van der Waals surface area contributed by atoms with Gasteiger partial charge in [-0.2, -0.15) is 0 Å². The second kappa shape index (κ2) is 4.98. The van der Waals surface area contributed by atoms with E-state index in [1.807, 2.05) is 43.3 Å². The molecule has 21 heavy (non-hydrogen) atoms. The van der Waals surface area contributed by atoms with Crippen molar-refractivity contribution in [2.75, 3.05) is 7.11 Å². The number of fused-ring (bicyclic) bond motifs is 1. The van der Waals surface area contributed by atoms with Gasteiger partial charge in [-0.15, -0.1) is 0 Å². The molecule has 0 amide bonds. The van der Waals surface area contributed by atoms with Crippen LogP contribution in [0.4, 0.5) is 0 Å². The zero-order chi connectivity index (χ0) is 15.0. The van der Waals surface area contributed by atoms with Crippen molar-refractivity contribution in [1.29, 1.82) is 0 Å². The summed E-state index contributed by atoms with van der Waals surface area (Å²) >= 11 is 0. The molecule has 0 radical (unpaired) electrons. The zero-order valence-electron chi connectivity index (χ0n) is 11.7. The molecule has 0 spiro atoms. The molecule has 106 valence electrons. The van der Waals surface area contributed by atoms with Crippen LogP contribution in [0.3, 0.4) is 0 Å². The number of furan rings is 1. The van der Waals surface area contributed by atoms with E-state index in [9.17, 15) is 9.90 Å². The molecule has 0 bridgehead atoms. The van der Waals surface area contributed by atoms with Crippen molar-refractivity contribution < 1.29 is 19.1 Å². The quantitative estimate of drug-likeness (QED) is 0.785. The van der Waals surface area contributed by atoms with Crippen molar-refractivity contribution in [2.45, 2.75) is 6.92 Å². The first-order chi connectivity index (χ1) is 10.1. The Bertz CT molecular complexity index is 816. The summed E-state index contributed by atoms with van der Waals surface area (Å²) in [5.41, 5.74) is 2.32. The Morgan fingerprint density at radius 1 is 1.19 bits per heavy atom. The van der Waals surface area contributed by atoms with E-state index in [0.29, 0.717) is 22.5 Å². The molecule has 0 aliphatic heterocycles. The molecule has 1 N–H and O–H groups in total. The summed E-state index contributed by atoms with van der Waals surface area (Å²) in [6.07, 6.45) is 0. The molecule has 0 saturated carbocycles. The molecule has 1 aromatic heterocycles. The van der Waals surface area contributed by atoms with Gasteiger partial charge in [0.25, 0.3) is 0 Å². The number of hydrogen-bond donors (Lipinski definition) is 1. The number of ether oxygens (including phenoxy) is 1. The summed E-state index contributed by atoms with van der Waals surface area (Å²) in [5.74, 6) is -0.0300. The number of carbonyl (C=O) groups is 1. The number of benzene rings is 2. The highest BCUT2D eigenvalue weighted by Crippen LogP contribution is 2.37. The summed E-state index contributed by atoms with van der Waals surface area (Å²) in [7, 11) is 1.55. The van der Waals surface area contributed by atoms with Crippen LogP contribution in [-0.2, 0) is 0 Å². The summed E-state index contributed by atoms with van der Waals surface area (Å²) < 4.78 is 11.1. The first-order valence-electron chi connectivity index (χ1n) is 6.51. The van der Waals surface area contributed by atoms with Crippen LogP contribution in [0, 0.1) is 6.92 Å². The van der Waals surface area contributed by atoms with E-state index in [1.54, 1.807) is 13.2 Å². The molecule has 0 unspecified atom stereocenters. The van der Waals surface area contributed by atoms with Crippen LogP contribution in [0.5, 0.6) is 5.75 Å². The fraction of sp³-hybridized carbons (Fsp3) is 0.118. The molecule has 4 heteroatoms. The van der Waals surface area contributed by atoms with Crippen LogP contribution < -0.4 is 4.74 Å². The third kappa shape index (κ3) is 2.14. The van der Waals surface area contributed by atoms with Gasteiger partial charge < -0.3 is 14.3 Å². The van der Waals surface area contributed by atoms with E-state index in [1.165, 1.54) is 0 Å². The number of carboxylic acids is 1. The number of rotatable bonds is 3. The van der Waals surface area contributed by atoms with E-state index >= 15 is 0 Å². The van der Waals surface area contributed by atoms with Gasteiger partial charge in [0.2, 0.25) is 0 Å². The molecule has 0 aliphatic carbocycles. The highest BCUT2D eigenvalue weighted by Gasteiger charge is 2.23. The number of aromatic carboxylic acids is 1. The van der Waals surface area contributed by atoms with Gasteiger partial charge in [0.1, 0.15) is 22.7 Å². The second-order valence-corrected chi connectivity index (χ2v) is 4.80. The van der Waals surface area contributed by atoms with Gasteiger partial charge >= 0.3 is 5.97 Å². The first kappa shape index (κ1) is 13.2. The number of carboxylic acid groups (broad SMARTS) is 1. The van der Waals surface area contributed by atoms with Crippen LogP contribution in [-0.4, -0.2) is 18.2 Å². The fourth-order valence-electron chi connectivity index (χ4n) is 2.46. The maximum atomic E-state index is 11.7. The predicted molar refractivity (Wildman–Crippen MR) is 79.9 cm³/mol. The van der Waals surface area contributed by atoms with Gasteiger partial charge in [0.05, 0.1) is 7.11 Å². The Kier molecular flexibility index (Phi) is 3.14. The normalized spacial score (nSPS) is 10.8. The van der Waals surface area contributed by atoms with Gasteiger partial charge in [-0.05, 0) is 24.6 Å². The summed E-state index contributed by atoms with van der Waals surface area (Å²) in [6.45, 7) is 1.87. The van der Waals surface area contributed by atoms with Gasteiger partial charge in [0, 0.05) is 10.9 Å². The number of aryl methyl sites for hydroxylation is 1. The lowest BCUT2D eigenvalue weighted by molar-refractivity contribution is 0.0699. The average Bonchev–Trinajstić information content (AvgIpc) is 2.88. The molecule has 2 aromatic carbocycles. The lowest BCUT2D eigenvalue weighted by Crippen LogP contribution is -1.97. The first-order valence-corrected chi connectivity index (χ1v) is 6.51. The molecule has 3 rings (SSSR count). The van der Waals surface area contributed by atoms with E-state index in [4.69, 9.17) is 9.15 Å². The minimum atomic E-state index is -1.01. The molecular weight excluding hydrogens is 268 g/mol. The van der Waals surface area contributed by atoms with Crippen LogP contribution in [0.25, 0.3) is 22.3 Å². The molecule has 3 aromatic rings. The largest absolute Gasteiger partial charge is 0.497 e. The summed E-state index contributed by atoms with van der Waals surface area (Å²) in [4.78, 5) is 11.7. The van der Waals surface area contributed by atoms with Crippen LogP contribution in [0.15, 0.2) is 46.9 Å². The van der Waals surface area contributed by atoms with Crippen molar-refractivity contribution in [3.63, 3.8) is 0 Å². The van der Waals surface area contributed by atoms with Crippen LogP contribution in [0.1, 0.15) is 15.9 Å². The molecular formula is C17H14O4. The van der Waals surface area contributed by atoms with Crippen molar-refractivity contribution in [1.82, 2.24) is 0 Å². The van der Waals surface area contributed by atoms with Crippen molar-refractivity contribution >= 4 is 16.9 Å². The Labute approximate surface area is 121 Å². The van der Waals surface area contributed by atoms with Crippen LogP contribution in [0.2, 0.25) is 0 Å². The van der Waals surface area contributed by atoms with Crippen LogP contribution >= 0.6 is 0 Å². The minimum absolute atomic E-state index is 0.165. The van der Waals surface area contributed by atoms with Crippen molar-refractivity contribution in [2.24, 2.45) is 0 Å². The van der Waals surface area contributed by atoms with Gasteiger partial charge in [-0.3, -0.25) is 0 Å². The molecule has 0 fully saturated rings. The van der Waals surface area contributed by atoms with E-state index in [0.717, 1.165) is 11.1 Å². The van der Waals surface area contributed by atoms with E-state index in [2.05, 4.69) is 0 Å². The molecule has 0 aliphatic rings. The molecule has 0 atom stereocenters. The predicted octanol–water partition coefficient (Wildman–Crippen LogP) is 4.12. The number of hydrogen-bond acceptors (Lipinski definition) is 3. The van der Waals surface area contributed by atoms with E-state index < -0.39 is 5.97 Å². The maximum Gasteiger partial charge on any atom is 0.340 e. The highest BCUT2D eigenvalue weighted by molar-refractivity contribution is 6.09. The van der Waals surface area contributed by atoms with Gasteiger partial charge in [-0.25, -0.2) is 4.79 Å². The summed E-state index contributed by atoms with van der Waals surface area (Å²) in [6, 6.07) is 12.8. The lowest BCUT2D eigenvalue weighted by Gasteiger charge is -2.01.